The van der Waals surface area contributed by atoms with Crippen LogP contribution in [0.2, 0.25) is 10.0 Å². The normalized spacial score (nSPS) is 10.5. The third-order valence-electron chi connectivity index (χ3n) is 3.01. The average Bonchev–Trinajstić information content (AvgIpc) is 2.50. The van der Waals surface area contributed by atoms with Gasteiger partial charge in [0.2, 0.25) is 5.91 Å². The number of carbonyl (C=O) groups excluding carboxylic acids is 1. The molecule has 7 heteroatoms. The number of aryl methyl sites for hydroxylation is 1. The van der Waals surface area contributed by atoms with Gasteiger partial charge in [-0.15, -0.1) is 0 Å². The first-order valence-electron chi connectivity index (χ1n) is 6.81. The van der Waals surface area contributed by atoms with Gasteiger partial charge in [-0.1, -0.05) is 48.7 Å². The van der Waals surface area contributed by atoms with E-state index >= 15 is 0 Å². The lowest BCUT2D eigenvalue weighted by Crippen LogP contribution is -2.29. The monoisotopic (exact) mass is 339 g/mol. The number of amides is 1. The molecular weight excluding hydrogens is 325 g/mol. The summed E-state index contributed by atoms with van der Waals surface area (Å²) in [7, 11) is 0. The molecule has 0 bridgehead atoms. The molecule has 0 aliphatic rings. The second-order valence-electron chi connectivity index (χ2n) is 4.76. The Morgan fingerprint density at radius 3 is 2.59 bits per heavy atom. The summed E-state index contributed by atoms with van der Waals surface area (Å²) in [6.07, 6.45) is 3.30. The van der Waals surface area contributed by atoms with Crippen molar-refractivity contribution in [3.05, 3.63) is 56.4 Å². The van der Waals surface area contributed by atoms with Gasteiger partial charge in [-0.2, -0.15) is 5.10 Å². The maximum absolute atomic E-state index is 12.0. The van der Waals surface area contributed by atoms with Gasteiger partial charge in [0.15, 0.2) is 0 Å². The van der Waals surface area contributed by atoms with Gasteiger partial charge < -0.3 is 5.32 Å². The molecule has 1 aromatic carbocycles. The number of anilines is 1. The van der Waals surface area contributed by atoms with Crippen molar-refractivity contribution in [2.45, 2.75) is 26.3 Å². The van der Waals surface area contributed by atoms with E-state index in [1.54, 1.807) is 0 Å². The van der Waals surface area contributed by atoms with Crippen LogP contribution in [-0.2, 0) is 17.8 Å². The second kappa shape index (κ2) is 7.42. The van der Waals surface area contributed by atoms with Crippen molar-refractivity contribution in [3.63, 3.8) is 0 Å². The van der Waals surface area contributed by atoms with Gasteiger partial charge in [0.1, 0.15) is 11.6 Å². The van der Waals surface area contributed by atoms with Crippen LogP contribution in [0.1, 0.15) is 18.9 Å². The molecule has 1 amide bonds. The third kappa shape index (κ3) is 4.08. The van der Waals surface area contributed by atoms with Crippen LogP contribution in [-0.4, -0.2) is 15.7 Å². The fourth-order valence-corrected chi connectivity index (χ4v) is 2.21. The van der Waals surface area contributed by atoms with Crippen molar-refractivity contribution in [2.75, 3.05) is 5.32 Å². The van der Waals surface area contributed by atoms with E-state index in [1.165, 1.54) is 11.8 Å². The van der Waals surface area contributed by atoms with E-state index in [9.17, 15) is 9.59 Å². The molecule has 1 N–H and O–H groups in total. The minimum Gasteiger partial charge on any atom is -0.324 e. The first kappa shape index (κ1) is 16.5. The van der Waals surface area contributed by atoms with Crippen LogP contribution in [0.5, 0.6) is 0 Å². The zero-order valence-electron chi connectivity index (χ0n) is 12.0. The van der Waals surface area contributed by atoms with Crippen LogP contribution < -0.4 is 10.9 Å². The first-order valence-corrected chi connectivity index (χ1v) is 7.56. The van der Waals surface area contributed by atoms with Crippen molar-refractivity contribution >= 4 is 34.8 Å². The van der Waals surface area contributed by atoms with Gasteiger partial charge in [-0.3, -0.25) is 9.59 Å². The number of hydrogen-bond acceptors (Lipinski definition) is 3. The fourth-order valence-electron chi connectivity index (χ4n) is 1.94. The molecule has 0 unspecified atom stereocenters. The quantitative estimate of drug-likeness (QED) is 0.909. The molecule has 5 nitrogen and oxygen atoms in total. The van der Waals surface area contributed by atoms with Crippen molar-refractivity contribution in [3.8, 4) is 0 Å². The van der Waals surface area contributed by atoms with Crippen LogP contribution in [0.3, 0.4) is 0 Å². The molecule has 116 valence electrons. The summed E-state index contributed by atoms with van der Waals surface area (Å²) in [5, 5.41) is 6.41. The first-order chi connectivity index (χ1) is 10.5. The summed E-state index contributed by atoms with van der Waals surface area (Å²) in [6.45, 7) is 1.88. The number of nitrogens with one attached hydrogen (secondary N) is 1. The standard InChI is InChI=1S/C15H15Cl2N3O2/c1-2-3-10-4-6-11(7-5-10)19-13(21)9-20-15(22)14(17)12(16)8-18-20/h4-8H,2-3,9H2,1H3,(H,19,21). The zero-order valence-corrected chi connectivity index (χ0v) is 13.5. The molecule has 0 aliphatic heterocycles. The summed E-state index contributed by atoms with van der Waals surface area (Å²) < 4.78 is 0.967. The van der Waals surface area contributed by atoms with Crippen LogP contribution in [0.25, 0.3) is 0 Å². The number of rotatable bonds is 5. The second-order valence-corrected chi connectivity index (χ2v) is 5.55. The van der Waals surface area contributed by atoms with E-state index in [0.29, 0.717) is 5.69 Å². The zero-order chi connectivity index (χ0) is 16.1. The molecule has 1 heterocycles. The van der Waals surface area contributed by atoms with Crippen LogP contribution >= 0.6 is 23.2 Å². The molecule has 2 rings (SSSR count). The van der Waals surface area contributed by atoms with E-state index in [-0.39, 0.29) is 22.5 Å². The lowest BCUT2D eigenvalue weighted by atomic mass is 10.1. The molecule has 0 radical (unpaired) electrons. The van der Waals surface area contributed by atoms with Crippen molar-refractivity contribution < 1.29 is 4.79 Å². The summed E-state index contributed by atoms with van der Waals surface area (Å²) in [4.78, 5) is 23.8. The Labute approximate surface area is 137 Å². The number of benzene rings is 1. The summed E-state index contributed by atoms with van der Waals surface area (Å²) in [5.41, 5.74) is 1.28. The Balaban J connectivity index is 2.04. The number of hydrogen-bond donors (Lipinski definition) is 1. The SMILES string of the molecule is CCCc1ccc(NC(=O)Cn2ncc(Cl)c(Cl)c2=O)cc1. The molecule has 0 saturated carbocycles. The maximum Gasteiger partial charge on any atom is 0.287 e. The predicted octanol–water partition coefficient (Wildman–Crippen LogP) is 3.14. The highest BCUT2D eigenvalue weighted by molar-refractivity contribution is 6.41. The van der Waals surface area contributed by atoms with Gasteiger partial charge in [-0.25, -0.2) is 4.68 Å². The minimum absolute atomic E-state index is 0.0647. The summed E-state index contributed by atoms with van der Waals surface area (Å²) >= 11 is 11.4. The molecule has 0 aliphatic carbocycles. The van der Waals surface area contributed by atoms with Crippen molar-refractivity contribution in [1.29, 1.82) is 0 Å². The number of nitrogens with zero attached hydrogens (tertiary/aromatic N) is 2. The highest BCUT2D eigenvalue weighted by Crippen LogP contribution is 2.14. The highest BCUT2D eigenvalue weighted by Gasteiger charge is 2.11. The van der Waals surface area contributed by atoms with Crippen LogP contribution in [0, 0.1) is 0 Å². The Morgan fingerprint density at radius 1 is 1.27 bits per heavy atom. The Bertz CT molecular complexity index is 727. The van der Waals surface area contributed by atoms with E-state index in [4.69, 9.17) is 23.2 Å². The maximum atomic E-state index is 12.0. The molecule has 0 saturated heterocycles. The summed E-state index contributed by atoms with van der Waals surface area (Å²) in [6, 6.07) is 7.58. The predicted molar refractivity (Wildman–Crippen MR) is 87.6 cm³/mol. The topological polar surface area (TPSA) is 64.0 Å². The van der Waals surface area contributed by atoms with Crippen LogP contribution in [0.15, 0.2) is 35.3 Å². The number of carbonyl (C=O) groups is 1. The third-order valence-corrected chi connectivity index (χ3v) is 3.76. The Kier molecular flexibility index (Phi) is 5.57. The van der Waals surface area contributed by atoms with Crippen molar-refractivity contribution in [1.82, 2.24) is 9.78 Å². The van der Waals surface area contributed by atoms with Gasteiger partial charge in [-0.05, 0) is 24.1 Å². The number of aromatic nitrogens is 2. The largest absolute Gasteiger partial charge is 0.324 e. The molecule has 0 fully saturated rings. The molecule has 0 spiro atoms. The molecule has 1 aromatic heterocycles. The Hall–Kier alpha value is -1.85. The molecule has 22 heavy (non-hydrogen) atoms. The van der Waals surface area contributed by atoms with E-state index in [2.05, 4.69) is 17.3 Å². The van der Waals surface area contributed by atoms with E-state index in [0.717, 1.165) is 17.5 Å². The van der Waals surface area contributed by atoms with Crippen molar-refractivity contribution in [2.24, 2.45) is 0 Å². The van der Waals surface area contributed by atoms with Gasteiger partial charge >= 0.3 is 0 Å². The lowest BCUT2D eigenvalue weighted by Gasteiger charge is -2.08. The molecule has 2 aromatic rings. The van der Waals surface area contributed by atoms with Gasteiger partial charge in [0, 0.05) is 5.69 Å². The minimum atomic E-state index is -0.595. The van der Waals surface area contributed by atoms with E-state index in [1.807, 2.05) is 24.3 Å². The fraction of sp³-hybridized carbons (Fsp3) is 0.267. The smallest absolute Gasteiger partial charge is 0.287 e. The number of halogens is 2. The average molecular weight is 340 g/mol. The Morgan fingerprint density at radius 2 is 1.95 bits per heavy atom. The van der Waals surface area contributed by atoms with Gasteiger partial charge in [0.25, 0.3) is 5.56 Å². The summed E-state index contributed by atoms with van der Waals surface area (Å²) in [5.74, 6) is -0.365. The van der Waals surface area contributed by atoms with Gasteiger partial charge in [0.05, 0.1) is 11.2 Å². The van der Waals surface area contributed by atoms with E-state index < -0.39 is 5.56 Å². The molecule has 0 atom stereocenters. The lowest BCUT2D eigenvalue weighted by molar-refractivity contribution is -0.117. The van der Waals surface area contributed by atoms with Crippen LogP contribution in [0.4, 0.5) is 5.69 Å². The molecular formula is C15H15Cl2N3O2. The highest BCUT2D eigenvalue weighted by atomic mass is 35.5.